The lowest BCUT2D eigenvalue weighted by atomic mass is 10.0. The van der Waals surface area contributed by atoms with Crippen LogP contribution in [0, 0.1) is 0 Å². The molecule has 0 spiro atoms. The van der Waals surface area contributed by atoms with Crippen LogP contribution in [0.2, 0.25) is 0 Å². The van der Waals surface area contributed by atoms with Crippen LogP contribution in [0.25, 0.3) is 0 Å². The molecule has 3 aromatic rings. The number of nitrogens with zero attached hydrogens (tertiary/aromatic N) is 2. The number of aromatic nitrogens is 2. The topological polar surface area (TPSA) is 93.2 Å². The molecule has 0 bridgehead atoms. The van der Waals surface area contributed by atoms with Crippen LogP contribution >= 0.6 is 0 Å². The average Bonchev–Trinajstić information content (AvgIpc) is 2.83. The number of esters is 1. The van der Waals surface area contributed by atoms with Crippen LogP contribution in [0.1, 0.15) is 65.9 Å². The number of carbonyl (C=O) groups is 2. The molecule has 2 N–H and O–H groups in total. The summed E-state index contributed by atoms with van der Waals surface area (Å²) in [5.41, 5.74) is 3.18. The number of hydrogen-bond acceptors (Lipinski definition) is 6. The number of ether oxygens (including phenoxy) is 1. The van der Waals surface area contributed by atoms with Gasteiger partial charge >= 0.3 is 5.97 Å². The van der Waals surface area contributed by atoms with Crippen LogP contribution in [0.4, 0.5) is 0 Å². The Bertz CT molecular complexity index is 1010. The molecule has 0 aliphatic carbocycles. The van der Waals surface area contributed by atoms with Gasteiger partial charge in [-0.15, -0.1) is 0 Å². The predicted molar refractivity (Wildman–Crippen MR) is 122 cm³/mol. The molecular formula is C25H28N4O3. The Morgan fingerprint density at radius 3 is 1.88 bits per heavy atom. The average molecular weight is 433 g/mol. The summed E-state index contributed by atoms with van der Waals surface area (Å²) in [5, 5.41) is 6.49. The van der Waals surface area contributed by atoms with Gasteiger partial charge in [0.2, 0.25) is 5.91 Å². The molecule has 1 aromatic carbocycles. The quantitative estimate of drug-likeness (QED) is 0.498. The molecule has 3 atom stereocenters. The summed E-state index contributed by atoms with van der Waals surface area (Å²) in [4.78, 5) is 33.4. The smallest absolute Gasteiger partial charge is 0.338 e. The lowest BCUT2D eigenvalue weighted by molar-refractivity contribution is -0.124. The maximum absolute atomic E-state index is 13.3. The molecule has 166 valence electrons. The molecule has 3 unspecified atom stereocenters. The first-order chi connectivity index (χ1) is 15.5. The van der Waals surface area contributed by atoms with Crippen molar-refractivity contribution in [1.29, 1.82) is 0 Å². The molecule has 1 amide bonds. The molecule has 32 heavy (non-hydrogen) atoms. The minimum atomic E-state index is -0.626. The summed E-state index contributed by atoms with van der Waals surface area (Å²) in [5.74, 6) is -0.552. The number of rotatable bonds is 9. The summed E-state index contributed by atoms with van der Waals surface area (Å²) in [6.45, 7) is 6.00. The molecule has 3 rings (SSSR count). The van der Waals surface area contributed by atoms with E-state index >= 15 is 0 Å². The fourth-order valence-electron chi connectivity index (χ4n) is 3.38. The highest BCUT2D eigenvalue weighted by molar-refractivity contribution is 5.90. The van der Waals surface area contributed by atoms with Gasteiger partial charge in [0.1, 0.15) is 6.04 Å². The fourth-order valence-corrected chi connectivity index (χ4v) is 3.38. The van der Waals surface area contributed by atoms with Gasteiger partial charge in [-0.1, -0.05) is 12.1 Å². The van der Waals surface area contributed by atoms with Gasteiger partial charge in [0, 0.05) is 30.8 Å². The summed E-state index contributed by atoms with van der Waals surface area (Å²) in [6.07, 6.45) is 6.85. The first-order valence-corrected chi connectivity index (χ1v) is 10.6. The SMILES string of the molecule is CCOC(=O)c1ccc(C(NC(C)c2ccncc2)C(=O)NC(C)c2ccncc2)cc1. The molecule has 0 aliphatic heterocycles. The van der Waals surface area contributed by atoms with E-state index in [1.165, 1.54) is 0 Å². The van der Waals surface area contributed by atoms with E-state index in [4.69, 9.17) is 4.74 Å². The minimum absolute atomic E-state index is 0.102. The van der Waals surface area contributed by atoms with Gasteiger partial charge in [-0.05, 0) is 73.9 Å². The number of benzene rings is 1. The van der Waals surface area contributed by atoms with Crippen molar-refractivity contribution in [2.45, 2.75) is 38.9 Å². The van der Waals surface area contributed by atoms with E-state index in [9.17, 15) is 9.59 Å². The number of hydrogen-bond donors (Lipinski definition) is 2. The second kappa shape index (κ2) is 11.2. The minimum Gasteiger partial charge on any atom is -0.462 e. The van der Waals surface area contributed by atoms with E-state index in [1.54, 1.807) is 56.0 Å². The first-order valence-electron chi connectivity index (χ1n) is 10.6. The maximum Gasteiger partial charge on any atom is 0.338 e. The van der Waals surface area contributed by atoms with E-state index in [1.807, 2.05) is 38.1 Å². The third-order valence-electron chi connectivity index (χ3n) is 5.20. The van der Waals surface area contributed by atoms with E-state index in [-0.39, 0.29) is 24.0 Å². The van der Waals surface area contributed by atoms with Crippen molar-refractivity contribution in [2.75, 3.05) is 6.61 Å². The van der Waals surface area contributed by atoms with E-state index in [0.29, 0.717) is 12.2 Å². The second-order valence-corrected chi connectivity index (χ2v) is 7.46. The first kappa shape index (κ1) is 23.1. The van der Waals surface area contributed by atoms with Crippen molar-refractivity contribution in [1.82, 2.24) is 20.6 Å². The van der Waals surface area contributed by atoms with Crippen molar-refractivity contribution >= 4 is 11.9 Å². The van der Waals surface area contributed by atoms with Crippen LogP contribution in [0.3, 0.4) is 0 Å². The Balaban J connectivity index is 1.83. The Morgan fingerprint density at radius 2 is 1.34 bits per heavy atom. The van der Waals surface area contributed by atoms with Crippen LogP contribution < -0.4 is 10.6 Å². The molecule has 0 saturated carbocycles. The third-order valence-corrected chi connectivity index (χ3v) is 5.20. The Labute approximate surface area is 188 Å². The monoisotopic (exact) mass is 432 g/mol. The van der Waals surface area contributed by atoms with Gasteiger partial charge < -0.3 is 10.1 Å². The van der Waals surface area contributed by atoms with Gasteiger partial charge in [0.15, 0.2) is 0 Å². The lowest BCUT2D eigenvalue weighted by Crippen LogP contribution is -2.39. The number of carbonyl (C=O) groups excluding carboxylic acids is 2. The summed E-state index contributed by atoms with van der Waals surface area (Å²) < 4.78 is 5.05. The highest BCUT2D eigenvalue weighted by Gasteiger charge is 2.25. The van der Waals surface area contributed by atoms with E-state index in [0.717, 1.165) is 16.7 Å². The maximum atomic E-state index is 13.3. The molecule has 0 fully saturated rings. The predicted octanol–water partition coefficient (Wildman–Crippen LogP) is 3.92. The Kier molecular flexibility index (Phi) is 8.05. The van der Waals surface area contributed by atoms with Crippen LogP contribution in [0.5, 0.6) is 0 Å². The zero-order valence-corrected chi connectivity index (χ0v) is 18.5. The van der Waals surface area contributed by atoms with Gasteiger partial charge in [-0.25, -0.2) is 4.79 Å². The molecule has 7 nitrogen and oxygen atoms in total. The van der Waals surface area contributed by atoms with Gasteiger partial charge in [-0.3, -0.25) is 20.1 Å². The normalized spacial score (nSPS) is 13.6. The van der Waals surface area contributed by atoms with Crippen LogP contribution in [0.15, 0.2) is 73.3 Å². The second-order valence-electron chi connectivity index (χ2n) is 7.46. The molecule has 0 saturated heterocycles. The van der Waals surface area contributed by atoms with Crippen LogP contribution in [-0.2, 0) is 9.53 Å². The fraction of sp³-hybridized carbons (Fsp3) is 0.280. The molecule has 0 aliphatic rings. The van der Waals surface area contributed by atoms with Crippen molar-refractivity contribution in [2.24, 2.45) is 0 Å². The zero-order valence-electron chi connectivity index (χ0n) is 18.5. The van der Waals surface area contributed by atoms with Gasteiger partial charge in [-0.2, -0.15) is 0 Å². The Morgan fingerprint density at radius 1 is 0.812 bits per heavy atom. The number of pyridine rings is 2. The molecule has 2 aromatic heterocycles. The van der Waals surface area contributed by atoms with Crippen molar-refractivity contribution in [3.05, 3.63) is 95.6 Å². The van der Waals surface area contributed by atoms with Gasteiger partial charge in [0.05, 0.1) is 18.2 Å². The third kappa shape index (κ3) is 5.98. The summed E-state index contributed by atoms with van der Waals surface area (Å²) >= 11 is 0. The number of nitrogens with one attached hydrogen (secondary N) is 2. The largest absolute Gasteiger partial charge is 0.462 e. The highest BCUT2D eigenvalue weighted by atomic mass is 16.5. The van der Waals surface area contributed by atoms with E-state index in [2.05, 4.69) is 20.6 Å². The summed E-state index contributed by atoms with van der Waals surface area (Å²) in [6, 6.07) is 13.6. The molecule has 0 radical (unpaired) electrons. The standard InChI is InChI=1S/C25H28N4O3/c1-4-32-25(31)22-7-5-21(6-8-22)23(28-17(2)19-9-13-26-14-10-19)24(30)29-18(3)20-11-15-27-16-12-20/h5-18,23,28H,4H2,1-3H3,(H,29,30). The highest BCUT2D eigenvalue weighted by Crippen LogP contribution is 2.22. The molecular weight excluding hydrogens is 404 g/mol. The zero-order chi connectivity index (χ0) is 22.9. The van der Waals surface area contributed by atoms with Crippen molar-refractivity contribution in [3.63, 3.8) is 0 Å². The van der Waals surface area contributed by atoms with Crippen LogP contribution in [-0.4, -0.2) is 28.5 Å². The van der Waals surface area contributed by atoms with E-state index < -0.39 is 6.04 Å². The Hall–Kier alpha value is -3.58. The van der Waals surface area contributed by atoms with Crippen molar-refractivity contribution in [3.8, 4) is 0 Å². The summed E-state index contributed by atoms with van der Waals surface area (Å²) in [7, 11) is 0. The lowest BCUT2D eigenvalue weighted by Gasteiger charge is -2.25. The number of amides is 1. The van der Waals surface area contributed by atoms with Crippen molar-refractivity contribution < 1.29 is 14.3 Å². The van der Waals surface area contributed by atoms with Gasteiger partial charge in [0.25, 0.3) is 0 Å². The molecule has 2 heterocycles. The molecule has 7 heteroatoms.